The molecule has 2 aliphatic rings. The van der Waals surface area contributed by atoms with Gasteiger partial charge in [0.05, 0.1) is 22.5 Å². The Morgan fingerprint density at radius 2 is 1.91 bits per heavy atom. The fourth-order valence-corrected chi connectivity index (χ4v) is 4.52. The smallest absolute Gasteiger partial charge is 0.313 e. The first-order valence-corrected chi connectivity index (χ1v) is 10.8. The highest BCUT2D eigenvalue weighted by Gasteiger charge is 2.48. The van der Waals surface area contributed by atoms with Crippen molar-refractivity contribution in [3.63, 3.8) is 0 Å². The molecule has 7 heteroatoms. The lowest BCUT2D eigenvalue weighted by Crippen LogP contribution is -2.47. The third-order valence-corrected chi connectivity index (χ3v) is 6.84. The first-order chi connectivity index (χ1) is 15.3. The molecular formula is C25H27N3O4. The number of carbonyl (C=O) groups excluding carboxylic acids is 1. The van der Waals surface area contributed by atoms with Crippen LogP contribution in [0.1, 0.15) is 43.4 Å². The van der Waals surface area contributed by atoms with Gasteiger partial charge in [-0.3, -0.25) is 14.5 Å². The van der Waals surface area contributed by atoms with Crippen molar-refractivity contribution in [3.8, 4) is 11.8 Å². The number of anilines is 1. The number of carboxylic acid groups (broad SMARTS) is 1. The summed E-state index contributed by atoms with van der Waals surface area (Å²) in [6.45, 7) is 6.16. The molecule has 1 fully saturated rings. The van der Waals surface area contributed by atoms with Gasteiger partial charge in [-0.05, 0) is 81.2 Å². The number of benzene rings is 2. The lowest BCUT2D eigenvalue weighted by atomic mass is 9.73. The Hall–Kier alpha value is -3.37. The zero-order chi connectivity index (χ0) is 22.9. The fraction of sp³-hybridized carbons (Fsp3) is 0.400. The number of nitrogens with one attached hydrogen (secondary N) is 1. The number of likely N-dealkylation sites (tertiary alicyclic amines) is 1. The molecule has 32 heavy (non-hydrogen) atoms. The summed E-state index contributed by atoms with van der Waals surface area (Å²) < 4.78 is 5.86. The lowest BCUT2D eigenvalue weighted by Gasteiger charge is -2.38. The Morgan fingerprint density at radius 3 is 2.53 bits per heavy atom. The van der Waals surface area contributed by atoms with E-state index in [-0.39, 0.29) is 5.91 Å². The molecule has 2 aliphatic heterocycles. The maximum Gasteiger partial charge on any atom is 0.313 e. The summed E-state index contributed by atoms with van der Waals surface area (Å²) >= 11 is 0. The summed E-state index contributed by atoms with van der Waals surface area (Å²) in [5.41, 5.74) is 1.58. The molecule has 7 nitrogen and oxygen atoms in total. The number of hydrogen-bond donors (Lipinski definition) is 2. The van der Waals surface area contributed by atoms with Crippen LogP contribution in [0.2, 0.25) is 0 Å². The predicted molar refractivity (Wildman–Crippen MR) is 120 cm³/mol. The highest BCUT2D eigenvalue weighted by molar-refractivity contribution is 6.06. The molecule has 0 saturated carbocycles. The van der Waals surface area contributed by atoms with E-state index in [0.29, 0.717) is 30.8 Å². The van der Waals surface area contributed by atoms with Crippen LogP contribution in [0.25, 0.3) is 0 Å². The number of fused-ring (bicyclic) bond motifs is 2. The Bertz CT molecular complexity index is 1080. The summed E-state index contributed by atoms with van der Waals surface area (Å²) in [6.07, 6.45) is 1.42. The van der Waals surface area contributed by atoms with E-state index in [1.807, 2.05) is 12.1 Å². The van der Waals surface area contributed by atoms with Gasteiger partial charge in [-0.15, -0.1) is 0 Å². The second-order valence-corrected chi connectivity index (χ2v) is 9.05. The molecule has 2 N–H and O–H groups in total. The van der Waals surface area contributed by atoms with Crippen LogP contribution in [0.5, 0.6) is 5.75 Å². The molecule has 0 aliphatic carbocycles. The van der Waals surface area contributed by atoms with Gasteiger partial charge < -0.3 is 15.2 Å². The van der Waals surface area contributed by atoms with Gasteiger partial charge in [-0.1, -0.05) is 12.1 Å². The van der Waals surface area contributed by atoms with Crippen LogP contribution < -0.4 is 10.1 Å². The average Bonchev–Trinajstić information content (AvgIpc) is 3.05. The van der Waals surface area contributed by atoms with Gasteiger partial charge >= 0.3 is 5.97 Å². The molecule has 0 radical (unpaired) electrons. The van der Waals surface area contributed by atoms with E-state index in [2.05, 4.69) is 16.3 Å². The molecule has 2 aromatic carbocycles. The average molecular weight is 434 g/mol. The molecule has 0 atom stereocenters. The number of rotatable bonds is 6. The van der Waals surface area contributed by atoms with Crippen molar-refractivity contribution >= 4 is 17.6 Å². The van der Waals surface area contributed by atoms with E-state index < -0.39 is 16.8 Å². The largest absolute Gasteiger partial charge is 0.492 e. The van der Waals surface area contributed by atoms with Crippen LogP contribution >= 0.6 is 0 Å². The van der Waals surface area contributed by atoms with E-state index in [1.165, 1.54) is 0 Å². The van der Waals surface area contributed by atoms with E-state index in [1.54, 1.807) is 44.2 Å². The summed E-state index contributed by atoms with van der Waals surface area (Å²) in [5, 5.41) is 21.6. The zero-order valence-corrected chi connectivity index (χ0v) is 18.4. The number of amides is 1. The number of ether oxygens (including phenoxy) is 1. The monoisotopic (exact) mass is 433 g/mol. The van der Waals surface area contributed by atoms with Crippen LogP contribution in [-0.4, -0.2) is 48.1 Å². The number of aliphatic carboxylic acids is 1. The number of hydrogen-bond acceptors (Lipinski definition) is 5. The van der Waals surface area contributed by atoms with E-state index in [0.717, 1.165) is 36.4 Å². The van der Waals surface area contributed by atoms with Gasteiger partial charge in [0.15, 0.2) is 0 Å². The van der Waals surface area contributed by atoms with Crippen LogP contribution in [-0.2, 0) is 20.4 Å². The highest BCUT2D eigenvalue weighted by atomic mass is 16.5. The molecule has 1 spiro atoms. The first kappa shape index (κ1) is 21.8. The van der Waals surface area contributed by atoms with Crippen LogP contribution in [0, 0.1) is 11.3 Å². The van der Waals surface area contributed by atoms with Crippen molar-refractivity contribution in [2.75, 3.05) is 31.6 Å². The number of piperidine rings is 1. The van der Waals surface area contributed by atoms with Crippen molar-refractivity contribution in [2.24, 2.45) is 0 Å². The Balaban J connectivity index is 1.32. The summed E-state index contributed by atoms with van der Waals surface area (Å²) in [7, 11) is 0. The van der Waals surface area contributed by atoms with Crippen molar-refractivity contribution in [2.45, 2.75) is 37.5 Å². The first-order valence-electron chi connectivity index (χ1n) is 10.8. The fourth-order valence-electron chi connectivity index (χ4n) is 4.52. The molecule has 4 rings (SSSR count). The minimum absolute atomic E-state index is 0.0304. The minimum atomic E-state index is -0.943. The summed E-state index contributed by atoms with van der Waals surface area (Å²) in [5.74, 6) is -0.129. The second kappa shape index (κ2) is 8.29. The summed E-state index contributed by atoms with van der Waals surface area (Å²) in [6, 6.07) is 14.8. The maximum atomic E-state index is 12.8. The quantitative estimate of drug-likeness (QED) is 0.725. The molecule has 2 heterocycles. The molecular weight excluding hydrogens is 406 g/mol. The number of carbonyl (C=O) groups is 2. The summed E-state index contributed by atoms with van der Waals surface area (Å²) in [4.78, 5) is 26.5. The third kappa shape index (κ3) is 3.82. The SMILES string of the molecule is CC(C)(C(=O)O)c1ccc(OCCN2CCC3(CC2)C(=O)Nc2ccc(C#N)cc23)cc1. The molecule has 0 aromatic heterocycles. The number of carboxylic acids is 1. The zero-order valence-electron chi connectivity index (χ0n) is 18.4. The lowest BCUT2D eigenvalue weighted by molar-refractivity contribution is -0.142. The van der Waals surface area contributed by atoms with Crippen molar-refractivity contribution in [1.82, 2.24) is 4.90 Å². The Morgan fingerprint density at radius 1 is 1.22 bits per heavy atom. The van der Waals surface area contributed by atoms with Crippen molar-refractivity contribution in [1.29, 1.82) is 5.26 Å². The van der Waals surface area contributed by atoms with E-state index in [9.17, 15) is 20.0 Å². The van der Waals surface area contributed by atoms with Crippen molar-refractivity contribution in [3.05, 3.63) is 59.2 Å². The second-order valence-electron chi connectivity index (χ2n) is 9.05. The molecule has 0 unspecified atom stereocenters. The molecule has 1 saturated heterocycles. The number of nitrogens with zero attached hydrogens (tertiary/aromatic N) is 2. The van der Waals surface area contributed by atoms with Crippen LogP contribution in [0.4, 0.5) is 5.69 Å². The molecule has 1 amide bonds. The van der Waals surface area contributed by atoms with Gasteiger partial charge in [0.1, 0.15) is 12.4 Å². The molecule has 166 valence electrons. The van der Waals surface area contributed by atoms with Crippen LogP contribution in [0.3, 0.4) is 0 Å². The third-order valence-electron chi connectivity index (χ3n) is 6.84. The maximum absolute atomic E-state index is 12.8. The molecule has 0 bridgehead atoms. The Labute approximate surface area is 187 Å². The van der Waals surface area contributed by atoms with E-state index >= 15 is 0 Å². The molecule has 2 aromatic rings. The van der Waals surface area contributed by atoms with Gasteiger partial charge in [-0.25, -0.2) is 0 Å². The topological polar surface area (TPSA) is 103 Å². The van der Waals surface area contributed by atoms with Gasteiger partial charge in [-0.2, -0.15) is 5.26 Å². The normalized spacial score (nSPS) is 17.5. The predicted octanol–water partition coefficient (Wildman–Crippen LogP) is 3.29. The van der Waals surface area contributed by atoms with E-state index in [4.69, 9.17) is 4.74 Å². The van der Waals surface area contributed by atoms with Crippen molar-refractivity contribution < 1.29 is 19.4 Å². The van der Waals surface area contributed by atoms with Gasteiger partial charge in [0.25, 0.3) is 0 Å². The Kier molecular flexibility index (Phi) is 5.66. The highest BCUT2D eigenvalue weighted by Crippen LogP contribution is 2.45. The van der Waals surface area contributed by atoms with Crippen LogP contribution in [0.15, 0.2) is 42.5 Å². The minimum Gasteiger partial charge on any atom is -0.492 e. The number of nitriles is 1. The standard InChI is InChI=1S/C25H27N3O4/c1-24(2,23(30)31)18-4-6-19(7-5-18)32-14-13-28-11-9-25(10-12-28)20-15-17(16-26)3-8-21(20)27-22(25)29/h3-8,15H,9-14H2,1-2H3,(H,27,29)(H,30,31). The van der Waals surface area contributed by atoms with Gasteiger partial charge in [0, 0.05) is 12.2 Å². The van der Waals surface area contributed by atoms with Gasteiger partial charge in [0.2, 0.25) is 5.91 Å².